The summed E-state index contributed by atoms with van der Waals surface area (Å²) in [6, 6.07) is 14.3. The number of halogens is 2. The molecule has 21 heavy (non-hydrogen) atoms. The zero-order valence-electron chi connectivity index (χ0n) is 11.7. The molecule has 0 fully saturated rings. The van der Waals surface area contributed by atoms with Crippen LogP contribution in [0, 0.1) is 23.0 Å². The first kappa shape index (κ1) is 15.0. The van der Waals surface area contributed by atoms with Gasteiger partial charge in [-0.3, -0.25) is 0 Å². The fourth-order valence-corrected chi connectivity index (χ4v) is 2.11. The van der Waals surface area contributed by atoms with E-state index < -0.39 is 11.6 Å². The molecular formula is C17H16F2N2. The highest BCUT2D eigenvalue weighted by Gasteiger charge is 2.14. The third kappa shape index (κ3) is 3.79. The second-order valence-corrected chi connectivity index (χ2v) is 4.97. The third-order valence-electron chi connectivity index (χ3n) is 3.31. The molecule has 0 aliphatic heterocycles. The van der Waals surface area contributed by atoms with E-state index in [2.05, 4.69) is 5.32 Å². The van der Waals surface area contributed by atoms with Gasteiger partial charge in [-0.05, 0) is 37.5 Å². The van der Waals surface area contributed by atoms with Gasteiger partial charge in [0.25, 0.3) is 0 Å². The van der Waals surface area contributed by atoms with E-state index in [1.54, 1.807) is 6.07 Å². The maximum atomic E-state index is 13.8. The molecule has 1 N–H and O–H groups in total. The Hall–Kier alpha value is -2.41. The molecule has 0 saturated carbocycles. The van der Waals surface area contributed by atoms with Crippen LogP contribution in [0.2, 0.25) is 0 Å². The van der Waals surface area contributed by atoms with Gasteiger partial charge >= 0.3 is 0 Å². The van der Waals surface area contributed by atoms with Crippen LogP contribution in [0.4, 0.5) is 14.5 Å². The maximum Gasteiger partial charge on any atom is 0.183 e. The van der Waals surface area contributed by atoms with E-state index >= 15 is 0 Å². The Balaban J connectivity index is 1.99. The van der Waals surface area contributed by atoms with Crippen LogP contribution in [0.15, 0.2) is 42.5 Å². The summed E-state index contributed by atoms with van der Waals surface area (Å²) in [7, 11) is 0. The van der Waals surface area contributed by atoms with Gasteiger partial charge in [0.15, 0.2) is 11.6 Å². The Morgan fingerprint density at radius 1 is 1.10 bits per heavy atom. The lowest BCUT2D eigenvalue weighted by atomic mass is 10.1. The zero-order chi connectivity index (χ0) is 15.2. The van der Waals surface area contributed by atoms with E-state index in [0.717, 1.165) is 12.8 Å². The molecule has 0 radical (unpaired) electrons. The summed E-state index contributed by atoms with van der Waals surface area (Å²) in [4.78, 5) is 0. The second-order valence-electron chi connectivity index (χ2n) is 4.97. The highest BCUT2D eigenvalue weighted by molar-refractivity contribution is 5.50. The summed E-state index contributed by atoms with van der Waals surface area (Å²) < 4.78 is 27.3. The molecule has 0 spiro atoms. The number of nitrogens with one attached hydrogen (secondary N) is 1. The fourth-order valence-electron chi connectivity index (χ4n) is 2.11. The predicted octanol–water partition coefficient (Wildman–Crippen LogP) is 4.27. The Morgan fingerprint density at radius 2 is 1.81 bits per heavy atom. The van der Waals surface area contributed by atoms with Crippen molar-refractivity contribution in [2.24, 2.45) is 0 Å². The van der Waals surface area contributed by atoms with Gasteiger partial charge in [0.2, 0.25) is 0 Å². The minimum Gasteiger partial charge on any atom is -0.380 e. The van der Waals surface area contributed by atoms with Gasteiger partial charge in [-0.1, -0.05) is 30.3 Å². The Kier molecular flexibility index (Phi) is 4.89. The van der Waals surface area contributed by atoms with Crippen molar-refractivity contribution in [1.29, 1.82) is 5.26 Å². The van der Waals surface area contributed by atoms with Crippen LogP contribution in [0.3, 0.4) is 0 Å². The molecule has 0 aliphatic carbocycles. The molecular weight excluding hydrogens is 270 g/mol. The Labute approximate surface area is 123 Å². The summed E-state index contributed by atoms with van der Waals surface area (Å²) >= 11 is 0. The Morgan fingerprint density at radius 3 is 2.48 bits per heavy atom. The van der Waals surface area contributed by atoms with Gasteiger partial charge in [-0.2, -0.15) is 5.26 Å². The van der Waals surface area contributed by atoms with Crippen molar-refractivity contribution >= 4 is 5.69 Å². The van der Waals surface area contributed by atoms with E-state index in [4.69, 9.17) is 5.26 Å². The highest BCUT2D eigenvalue weighted by Crippen LogP contribution is 2.21. The average Bonchev–Trinajstić information content (AvgIpc) is 2.51. The first-order valence-electron chi connectivity index (χ1n) is 6.80. The molecule has 0 amide bonds. The predicted molar refractivity (Wildman–Crippen MR) is 78.9 cm³/mol. The summed E-state index contributed by atoms with van der Waals surface area (Å²) in [6.07, 6.45) is 1.65. The lowest BCUT2D eigenvalue weighted by Crippen LogP contribution is -2.17. The zero-order valence-corrected chi connectivity index (χ0v) is 11.7. The van der Waals surface area contributed by atoms with Crippen LogP contribution in [0.1, 0.15) is 24.5 Å². The van der Waals surface area contributed by atoms with Crippen molar-refractivity contribution in [3.05, 3.63) is 65.2 Å². The van der Waals surface area contributed by atoms with E-state index in [9.17, 15) is 8.78 Å². The van der Waals surface area contributed by atoms with Crippen molar-refractivity contribution < 1.29 is 8.78 Å². The van der Waals surface area contributed by atoms with Crippen LogP contribution in [-0.4, -0.2) is 6.04 Å². The molecule has 1 atom stereocenters. The Bertz CT molecular complexity index is 648. The lowest BCUT2D eigenvalue weighted by molar-refractivity contribution is 0.507. The minimum atomic E-state index is -1.10. The van der Waals surface area contributed by atoms with Crippen LogP contribution < -0.4 is 5.32 Å². The summed E-state index contributed by atoms with van der Waals surface area (Å²) in [5, 5.41) is 11.6. The van der Waals surface area contributed by atoms with Crippen molar-refractivity contribution in [3.8, 4) is 6.07 Å². The molecule has 0 aromatic heterocycles. The van der Waals surface area contributed by atoms with Crippen LogP contribution in [0.5, 0.6) is 0 Å². The number of aryl methyl sites for hydroxylation is 1. The quantitative estimate of drug-likeness (QED) is 0.891. The van der Waals surface area contributed by atoms with Crippen molar-refractivity contribution in [2.45, 2.75) is 25.8 Å². The van der Waals surface area contributed by atoms with Gasteiger partial charge in [-0.25, -0.2) is 8.78 Å². The van der Waals surface area contributed by atoms with E-state index in [0.29, 0.717) is 0 Å². The number of nitrogens with zero attached hydrogens (tertiary/aromatic N) is 1. The number of rotatable bonds is 5. The van der Waals surface area contributed by atoms with Gasteiger partial charge in [0, 0.05) is 6.04 Å². The number of hydrogen-bond donors (Lipinski definition) is 1. The fraction of sp³-hybridized carbons (Fsp3) is 0.235. The first-order valence-corrected chi connectivity index (χ1v) is 6.80. The molecule has 0 bridgehead atoms. The van der Waals surface area contributed by atoms with Gasteiger partial charge in [-0.15, -0.1) is 0 Å². The lowest BCUT2D eigenvalue weighted by Gasteiger charge is -2.16. The standard InChI is InChI=1S/C17H16F2N2/c1-12(7-8-13-5-3-2-4-6-13)21-15-10-9-14(11-20)16(18)17(15)19/h2-6,9-10,12,21H,7-8H2,1H3. The van der Waals surface area contributed by atoms with E-state index in [-0.39, 0.29) is 17.3 Å². The molecule has 2 aromatic rings. The van der Waals surface area contributed by atoms with Crippen molar-refractivity contribution in [2.75, 3.05) is 5.32 Å². The van der Waals surface area contributed by atoms with Crippen LogP contribution in [0.25, 0.3) is 0 Å². The molecule has 0 saturated heterocycles. The molecule has 0 heterocycles. The number of benzene rings is 2. The SMILES string of the molecule is CC(CCc1ccccc1)Nc1ccc(C#N)c(F)c1F. The van der Waals surface area contributed by atoms with E-state index in [1.165, 1.54) is 17.7 Å². The number of hydrogen-bond acceptors (Lipinski definition) is 2. The van der Waals surface area contributed by atoms with Crippen molar-refractivity contribution in [1.82, 2.24) is 0 Å². The number of anilines is 1. The summed E-state index contributed by atoms with van der Waals surface area (Å²) in [6.45, 7) is 1.92. The highest BCUT2D eigenvalue weighted by atomic mass is 19.2. The normalized spacial score (nSPS) is 11.7. The molecule has 0 aliphatic rings. The van der Waals surface area contributed by atoms with Gasteiger partial charge in [0.05, 0.1) is 11.3 Å². The largest absolute Gasteiger partial charge is 0.380 e. The average molecular weight is 286 g/mol. The second kappa shape index (κ2) is 6.85. The number of nitriles is 1. The molecule has 2 nitrogen and oxygen atoms in total. The molecule has 2 aromatic carbocycles. The topological polar surface area (TPSA) is 35.8 Å². The molecule has 1 unspecified atom stereocenters. The molecule has 4 heteroatoms. The monoisotopic (exact) mass is 286 g/mol. The maximum absolute atomic E-state index is 13.8. The van der Waals surface area contributed by atoms with Crippen LogP contribution >= 0.6 is 0 Å². The van der Waals surface area contributed by atoms with Gasteiger partial charge in [0.1, 0.15) is 6.07 Å². The summed E-state index contributed by atoms with van der Waals surface area (Å²) in [5.74, 6) is -2.10. The third-order valence-corrected chi connectivity index (χ3v) is 3.31. The first-order chi connectivity index (χ1) is 10.1. The van der Waals surface area contributed by atoms with Crippen LogP contribution in [-0.2, 0) is 6.42 Å². The van der Waals surface area contributed by atoms with Crippen molar-refractivity contribution in [3.63, 3.8) is 0 Å². The van der Waals surface area contributed by atoms with Gasteiger partial charge < -0.3 is 5.32 Å². The molecule has 2 rings (SSSR count). The van der Waals surface area contributed by atoms with E-state index in [1.807, 2.05) is 37.3 Å². The summed E-state index contributed by atoms with van der Waals surface area (Å²) in [5.41, 5.74) is 1.01. The smallest absolute Gasteiger partial charge is 0.183 e. The minimum absolute atomic E-state index is 0.00737. The molecule has 108 valence electrons.